The van der Waals surface area contributed by atoms with Gasteiger partial charge in [0.15, 0.2) is 24.1 Å². The Morgan fingerprint density at radius 1 is 0.892 bits per heavy atom. The molecule has 5 N–H and O–H groups in total. The van der Waals surface area contributed by atoms with Gasteiger partial charge < -0.3 is 45.5 Å². The van der Waals surface area contributed by atoms with Crippen molar-refractivity contribution in [1.82, 2.24) is 15.3 Å². The molecule has 74 heavy (non-hydrogen) atoms. The lowest BCUT2D eigenvalue weighted by atomic mass is 9.85. The summed E-state index contributed by atoms with van der Waals surface area (Å²) >= 11 is 1.03. The minimum atomic E-state index is -1.15. The van der Waals surface area contributed by atoms with Gasteiger partial charge in [-0.3, -0.25) is 19.2 Å². The van der Waals surface area contributed by atoms with Gasteiger partial charge >= 0.3 is 6.03 Å². The number of nitrogens with zero attached hydrogens (tertiary/aromatic N) is 3. The summed E-state index contributed by atoms with van der Waals surface area (Å²) in [5.41, 5.74) is 6.08. The van der Waals surface area contributed by atoms with Crippen molar-refractivity contribution in [3.63, 3.8) is 0 Å². The SMILES string of the molecule is CC.CCc1cccc(NC(=O)N2CCC(c3ccc(N(C=O)C(CCC=O)C(=O)N(C)F)c4c(C)cccc34)CC2)c1.CO.CO.O=CCOc1c(C=O)sc(-c2cccc(NC3CC4CCC(C3)N4)c2)c1F. The van der Waals surface area contributed by atoms with Crippen molar-refractivity contribution in [2.45, 2.75) is 116 Å². The van der Waals surface area contributed by atoms with E-state index in [0.717, 1.165) is 104 Å². The molecule has 4 heterocycles. The largest absolute Gasteiger partial charge is 0.481 e. The number of thiophene rings is 1. The Labute approximate surface area is 437 Å². The van der Waals surface area contributed by atoms with Gasteiger partial charge in [-0.15, -0.1) is 11.3 Å². The molecule has 0 spiro atoms. The summed E-state index contributed by atoms with van der Waals surface area (Å²) in [6.07, 6.45) is 9.40. The highest BCUT2D eigenvalue weighted by atomic mass is 32.1. The average Bonchev–Trinajstić information content (AvgIpc) is 3.96. The average molecular weight is 1040 g/mol. The molecule has 3 unspecified atom stereocenters. The van der Waals surface area contributed by atoms with Crippen LogP contribution in [0.3, 0.4) is 0 Å². The highest BCUT2D eigenvalue weighted by molar-refractivity contribution is 7.17. The minimum Gasteiger partial charge on any atom is -0.481 e. The lowest BCUT2D eigenvalue weighted by Gasteiger charge is -2.34. The molecule has 2 bridgehead atoms. The summed E-state index contributed by atoms with van der Waals surface area (Å²) in [7, 11) is 2.99. The second kappa shape index (κ2) is 30.6. The van der Waals surface area contributed by atoms with Crippen molar-refractivity contribution in [1.29, 1.82) is 0 Å². The van der Waals surface area contributed by atoms with Crippen molar-refractivity contribution in [3.05, 3.63) is 106 Å². The fourth-order valence-electron chi connectivity index (χ4n) is 9.83. The molecule has 0 radical (unpaired) electrons. The molecular formula is C56H72F2N6O9S. The summed E-state index contributed by atoms with van der Waals surface area (Å²) in [4.78, 5) is 74.4. The van der Waals surface area contributed by atoms with E-state index < -0.39 is 17.8 Å². The molecule has 3 saturated heterocycles. The zero-order valence-corrected chi connectivity index (χ0v) is 44.3. The molecule has 8 rings (SSSR count). The molecule has 3 fully saturated rings. The number of carbonyl (C=O) groups is 6. The highest BCUT2D eigenvalue weighted by Crippen LogP contribution is 2.42. The first-order chi connectivity index (χ1) is 36.0. The van der Waals surface area contributed by atoms with Crippen LogP contribution in [0.4, 0.5) is 30.7 Å². The Morgan fingerprint density at radius 2 is 1.55 bits per heavy atom. The van der Waals surface area contributed by atoms with Crippen molar-refractivity contribution in [2.75, 3.05) is 56.5 Å². The summed E-state index contributed by atoms with van der Waals surface area (Å²) in [5, 5.41) is 25.9. The zero-order valence-electron chi connectivity index (χ0n) is 43.4. The molecule has 4 aromatic carbocycles. The molecule has 3 aliphatic heterocycles. The van der Waals surface area contributed by atoms with Crippen molar-refractivity contribution in [2.24, 2.45) is 0 Å². The fraction of sp³-hybridized carbons (Fsp3) is 0.429. The first-order valence-corrected chi connectivity index (χ1v) is 25.9. The van der Waals surface area contributed by atoms with Crippen molar-refractivity contribution >= 4 is 76.4 Å². The number of likely N-dealkylation sites (N-methyl/N-ethyl adjacent to an activating group) is 1. The number of amides is 4. The van der Waals surface area contributed by atoms with Crippen LogP contribution in [0.1, 0.15) is 104 Å². The van der Waals surface area contributed by atoms with E-state index in [1.807, 2.05) is 98.5 Å². The number of rotatable bonds is 17. The Kier molecular flexibility index (Phi) is 24.8. The molecule has 5 aromatic rings. The summed E-state index contributed by atoms with van der Waals surface area (Å²) in [6, 6.07) is 25.4. The van der Waals surface area contributed by atoms with Gasteiger partial charge in [0, 0.05) is 75.7 Å². The number of benzene rings is 4. The minimum absolute atomic E-state index is 0.00766. The van der Waals surface area contributed by atoms with E-state index in [9.17, 15) is 37.6 Å². The van der Waals surface area contributed by atoms with Gasteiger partial charge in [0.1, 0.15) is 23.8 Å². The molecule has 4 amide bonds. The smallest absolute Gasteiger partial charge is 0.321 e. The first kappa shape index (κ1) is 60.0. The van der Waals surface area contributed by atoms with Crippen LogP contribution in [-0.2, 0) is 25.6 Å². The van der Waals surface area contributed by atoms with E-state index >= 15 is 0 Å². The molecule has 0 aliphatic carbocycles. The number of aliphatic hydroxyl groups excluding tert-OH is 2. The number of fused-ring (bicyclic) bond motifs is 3. The van der Waals surface area contributed by atoms with Crippen LogP contribution in [0.2, 0.25) is 0 Å². The Balaban J connectivity index is 0.000000310. The Bertz CT molecular complexity index is 2610. The number of aliphatic hydroxyl groups is 2. The van der Waals surface area contributed by atoms with Crippen LogP contribution >= 0.6 is 11.3 Å². The number of hydrogen-bond acceptors (Lipinski definition) is 12. The van der Waals surface area contributed by atoms with Gasteiger partial charge in [-0.05, 0) is 122 Å². The molecule has 3 atom stereocenters. The van der Waals surface area contributed by atoms with Crippen LogP contribution in [-0.4, -0.2) is 123 Å². The number of piperidine rings is 2. The van der Waals surface area contributed by atoms with Crippen LogP contribution in [0.5, 0.6) is 5.75 Å². The number of nitrogens with one attached hydrogen (secondary N) is 3. The number of likely N-dealkylation sites (tertiary alicyclic amines) is 1. The standard InChI is InChI=1S/C32H37FN4O4.C20H21FN2O3S.C2H6.2CH4O/c1-4-23-9-6-10-25(20-23)34-32(41)36-17-15-24(16-18-36)26-13-14-28(30-22(2)8-5-11-27(26)30)37(21-39)29(12-7-19-38)31(40)35(3)33;21-18-19(26-7-6-24)17(11-25)27-20(18)12-2-1-3-13(8-12)23-16-9-14-4-5-15(10-16)22-14;3*1-2/h5-6,8-11,13-14,19-21,24,29H,4,7,12,15-18H2,1-3H3,(H,34,41);1-3,6,8,11,14-16,22-23H,4-5,7,9-10H2;1-2H3;2*2H,1H3. The topological polar surface area (TPSA) is 198 Å². The second-order valence-electron chi connectivity index (χ2n) is 17.6. The predicted octanol–water partition coefficient (Wildman–Crippen LogP) is 9.66. The molecular weight excluding hydrogens is 971 g/mol. The van der Waals surface area contributed by atoms with Gasteiger partial charge in [-0.25, -0.2) is 9.18 Å². The first-order valence-electron chi connectivity index (χ1n) is 25.1. The fourth-order valence-corrected chi connectivity index (χ4v) is 10.8. The van der Waals surface area contributed by atoms with E-state index in [2.05, 4.69) is 22.9 Å². The highest BCUT2D eigenvalue weighted by Gasteiger charge is 2.34. The maximum atomic E-state index is 14.8. The van der Waals surface area contributed by atoms with E-state index in [-0.39, 0.29) is 47.1 Å². The van der Waals surface area contributed by atoms with Gasteiger partial charge in [0.2, 0.25) is 6.41 Å². The molecule has 3 aliphatic rings. The maximum Gasteiger partial charge on any atom is 0.321 e. The molecule has 18 heteroatoms. The van der Waals surface area contributed by atoms with Gasteiger partial charge in [0.25, 0.3) is 5.91 Å². The third-order valence-electron chi connectivity index (χ3n) is 13.1. The van der Waals surface area contributed by atoms with Crippen molar-refractivity contribution < 1.29 is 52.6 Å². The van der Waals surface area contributed by atoms with Gasteiger partial charge in [-0.2, -0.15) is 5.12 Å². The molecule has 15 nitrogen and oxygen atoms in total. The number of hydrogen-bond donors (Lipinski definition) is 5. The Morgan fingerprint density at radius 3 is 2.18 bits per heavy atom. The number of ether oxygens (including phenoxy) is 1. The van der Waals surface area contributed by atoms with Crippen LogP contribution < -0.4 is 25.6 Å². The lowest BCUT2D eigenvalue weighted by molar-refractivity contribution is -0.145. The third kappa shape index (κ3) is 15.2. The molecule has 1 aromatic heterocycles. The predicted molar refractivity (Wildman–Crippen MR) is 289 cm³/mol. The van der Waals surface area contributed by atoms with E-state index in [1.54, 1.807) is 6.07 Å². The normalized spacial score (nSPS) is 16.9. The number of aldehydes is 3. The van der Waals surface area contributed by atoms with Crippen molar-refractivity contribution in [3.8, 4) is 16.2 Å². The number of halogens is 2. The van der Waals surface area contributed by atoms with E-state index in [0.29, 0.717) is 72.6 Å². The van der Waals surface area contributed by atoms with Crippen LogP contribution in [0.25, 0.3) is 21.2 Å². The van der Waals surface area contributed by atoms with Crippen LogP contribution in [0, 0.1) is 12.7 Å². The number of urea groups is 1. The number of aryl methyl sites for hydroxylation is 2. The zero-order chi connectivity index (χ0) is 54.3. The summed E-state index contributed by atoms with van der Waals surface area (Å²) < 4.78 is 33.8. The number of anilines is 3. The molecule has 0 saturated carbocycles. The molecule has 400 valence electrons. The Hall–Kier alpha value is -6.60. The maximum absolute atomic E-state index is 14.8. The van der Waals surface area contributed by atoms with Crippen LogP contribution in [0.15, 0.2) is 78.9 Å². The number of carbonyl (C=O) groups excluding carboxylic acids is 6. The quantitative estimate of drug-likeness (QED) is 0.0439. The second-order valence-corrected chi connectivity index (χ2v) is 18.6. The lowest BCUT2D eigenvalue weighted by Crippen LogP contribution is -2.45. The van der Waals surface area contributed by atoms with Gasteiger partial charge in [0.05, 0.1) is 10.6 Å². The summed E-state index contributed by atoms with van der Waals surface area (Å²) in [5.74, 6) is -1.45. The van der Waals surface area contributed by atoms with Gasteiger partial charge in [-0.1, -0.05) is 73.8 Å². The van der Waals surface area contributed by atoms with E-state index in [4.69, 9.17) is 14.9 Å². The summed E-state index contributed by atoms with van der Waals surface area (Å²) in [6.45, 7) is 8.93. The monoisotopic (exact) mass is 1040 g/mol. The van der Waals surface area contributed by atoms with E-state index in [1.165, 1.54) is 17.7 Å². The third-order valence-corrected chi connectivity index (χ3v) is 14.3.